The van der Waals surface area contributed by atoms with Crippen molar-refractivity contribution in [2.24, 2.45) is 0 Å². The van der Waals surface area contributed by atoms with E-state index in [1.807, 2.05) is 25.1 Å². The summed E-state index contributed by atoms with van der Waals surface area (Å²) in [7, 11) is 0. The summed E-state index contributed by atoms with van der Waals surface area (Å²) in [5, 5.41) is 6.67. The molecule has 2 heterocycles. The van der Waals surface area contributed by atoms with Gasteiger partial charge in [0.2, 0.25) is 5.95 Å². The highest BCUT2D eigenvalue weighted by Gasteiger charge is 2.09. The molecule has 0 saturated carbocycles. The fraction of sp³-hybridized carbons (Fsp3) is 0.250. The average Bonchev–Trinajstić information content (AvgIpc) is 2.59. The largest absolute Gasteiger partial charge is 0.354 e. The minimum atomic E-state index is 0.613. The molecule has 0 amide bonds. The number of benzene rings is 1. The van der Waals surface area contributed by atoms with E-state index in [-0.39, 0.29) is 0 Å². The number of anilines is 3. The van der Waals surface area contributed by atoms with Gasteiger partial charge >= 0.3 is 0 Å². The summed E-state index contributed by atoms with van der Waals surface area (Å²) in [5.74, 6) is 1.38. The molecular formula is C20H23N5. The average molecular weight is 333 g/mol. The number of nitrogens with one attached hydrogen (secondary N) is 2. The second-order valence-corrected chi connectivity index (χ2v) is 6.13. The van der Waals surface area contributed by atoms with Gasteiger partial charge in [-0.2, -0.15) is 4.98 Å². The van der Waals surface area contributed by atoms with Gasteiger partial charge in [-0.3, -0.25) is 4.98 Å². The molecule has 0 aliphatic carbocycles. The molecule has 1 aromatic carbocycles. The van der Waals surface area contributed by atoms with Gasteiger partial charge in [0.05, 0.1) is 5.69 Å². The summed E-state index contributed by atoms with van der Waals surface area (Å²) in [4.78, 5) is 13.3. The van der Waals surface area contributed by atoms with E-state index in [4.69, 9.17) is 0 Å². The quantitative estimate of drug-likeness (QED) is 0.712. The number of pyridine rings is 1. The molecule has 5 heteroatoms. The van der Waals surface area contributed by atoms with Gasteiger partial charge in [0.1, 0.15) is 5.82 Å². The molecule has 2 N–H and O–H groups in total. The Morgan fingerprint density at radius 2 is 1.60 bits per heavy atom. The van der Waals surface area contributed by atoms with Gasteiger partial charge in [-0.15, -0.1) is 0 Å². The van der Waals surface area contributed by atoms with E-state index in [0.29, 0.717) is 5.95 Å². The normalized spacial score (nSPS) is 10.6. The van der Waals surface area contributed by atoms with Crippen LogP contribution in [0.25, 0.3) is 11.3 Å². The summed E-state index contributed by atoms with van der Waals surface area (Å²) in [6.45, 7) is 9.13. The van der Waals surface area contributed by atoms with Gasteiger partial charge in [-0.05, 0) is 51.0 Å². The van der Waals surface area contributed by atoms with Crippen LogP contribution >= 0.6 is 0 Å². The first kappa shape index (κ1) is 16.9. The molecule has 0 radical (unpaired) electrons. The molecule has 2 aromatic heterocycles. The van der Waals surface area contributed by atoms with Crippen LogP contribution in [0.4, 0.5) is 17.5 Å². The molecule has 0 fully saturated rings. The molecule has 128 valence electrons. The Balaban J connectivity index is 2.03. The minimum absolute atomic E-state index is 0.613. The molecule has 0 spiro atoms. The predicted molar refractivity (Wildman–Crippen MR) is 103 cm³/mol. The second-order valence-electron chi connectivity index (χ2n) is 6.13. The number of aryl methyl sites for hydroxylation is 3. The van der Waals surface area contributed by atoms with Crippen LogP contribution in [-0.4, -0.2) is 21.5 Å². The first-order chi connectivity index (χ1) is 12.1. The lowest BCUT2D eigenvalue weighted by Gasteiger charge is -2.15. The number of hydrogen-bond acceptors (Lipinski definition) is 5. The van der Waals surface area contributed by atoms with Crippen LogP contribution in [0.15, 0.2) is 42.7 Å². The minimum Gasteiger partial charge on any atom is -0.354 e. The number of rotatable bonds is 5. The maximum Gasteiger partial charge on any atom is 0.225 e. The van der Waals surface area contributed by atoms with E-state index in [2.05, 4.69) is 58.5 Å². The lowest BCUT2D eigenvalue weighted by Crippen LogP contribution is -2.06. The zero-order valence-electron chi connectivity index (χ0n) is 15.1. The van der Waals surface area contributed by atoms with Crippen molar-refractivity contribution in [1.29, 1.82) is 0 Å². The highest BCUT2D eigenvalue weighted by molar-refractivity contribution is 5.70. The Bertz CT molecular complexity index is 852. The van der Waals surface area contributed by atoms with Crippen LogP contribution in [0.3, 0.4) is 0 Å². The standard InChI is InChI=1S/C20H23N5/c1-5-22-20-23-17(16-6-8-21-9-7-16)12-18(25-20)24-19-14(3)10-13(2)11-15(19)4/h6-12H,5H2,1-4H3,(H2,22,23,24,25). The maximum atomic E-state index is 4.60. The van der Waals surface area contributed by atoms with Crippen molar-refractivity contribution in [3.8, 4) is 11.3 Å². The number of hydrogen-bond donors (Lipinski definition) is 2. The second kappa shape index (κ2) is 7.30. The van der Waals surface area contributed by atoms with Gasteiger partial charge in [-0.1, -0.05) is 17.7 Å². The van der Waals surface area contributed by atoms with Crippen LogP contribution < -0.4 is 10.6 Å². The predicted octanol–water partition coefficient (Wildman–Crippen LogP) is 4.64. The van der Waals surface area contributed by atoms with E-state index in [0.717, 1.165) is 29.3 Å². The smallest absolute Gasteiger partial charge is 0.225 e. The van der Waals surface area contributed by atoms with Crippen molar-refractivity contribution in [2.75, 3.05) is 17.2 Å². The Labute approximate surface area is 148 Å². The molecule has 3 aromatic rings. The molecular weight excluding hydrogens is 310 g/mol. The van der Waals surface area contributed by atoms with Crippen molar-refractivity contribution < 1.29 is 0 Å². The summed E-state index contributed by atoms with van der Waals surface area (Å²) in [5.41, 5.74) is 6.62. The maximum absolute atomic E-state index is 4.60. The fourth-order valence-electron chi connectivity index (χ4n) is 2.92. The van der Waals surface area contributed by atoms with Gasteiger partial charge in [-0.25, -0.2) is 4.98 Å². The first-order valence-electron chi connectivity index (χ1n) is 8.45. The Hall–Kier alpha value is -2.95. The Kier molecular flexibility index (Phi) is 4.93. The molecule has 25 heavy (non-hydrogen) atoms. The summed E-state index contributed by atoms with van der Waals surface area (Å²) in [6, 6.07) is 10.2. The van der Waals surface area contributed by atoms with Gasteiger partial charge in [0, 0.05) is 36.3 Å². The van der Waals surface area contributed by atoms with Gasteiger partial charge in [0.15, 0.2) is 0 Å². The number of aromatic nitrogens is 3. The topological polar surface area (TPSA) is 62.7 Å². The molecule has 0 atom stereocenters. The molecule has 5 nitrogen and oxygen atoms in total. The van der Waals surface area contributed by atoms with Gasteiger partial charge in [0.25, 0.3) is 0 Å². The van der Waals surface area contributed by atoms with Gasteiger partial charge < -0.3 is 10.6 Å². The van der Waals surface area contributed by atoms with E-state index in [1.54, 1.807) is 12.4 Å². The van der Waals surface area contributed by atoms with Crippen molar-refractivity contribution >= 4 is 17.5 Å². The first-order valence-corrected chi connectivity index (χ1v) is 8.45. The zero-order valence-corrected chi connectivity index (χ0v) is 15.1. The van der Waals surface area contributed by atoms with Crippen LogP contribution in [0.1, 0.15) is 23.6 Å². The number of nitrogens with zero attached hydrogens (tertiary/aromatic N) is 3. The highest BCUT2D eigenvalue weighted by Crippen LogP contribution is 2.27. The van der Waals surface area contributed by atoms with E-state index < -0.39 is 0 Å². The third-order valence-corrected chi connectivity index (χ3v) is 3.97. The van der Waals surface area contributed by atoms with Crippen LogP contribution in [0.2, 0.25) is 0 Å². The monoisotopic (exact) mass is 333 g/mol. The van der Waals surface area contributed by atoms with Crippen molar-refractivity contribution in [2.45, 2.75) is 27.7 Å². The lowest BCUT2D eigenvalue weighted by atomic mass is 10.1. The van der Waals surface area contributed by atoms with Crippen LogP contribution in [-0.2, 0) is 0 Å². The molecule has 0 aliphatic heterocycles. The zero-order chi connectivity index (χ0) is 17.8. The summed E-state index contributed by atoms with van der Waals surface area (Å²) in [6.07, 6.45) is 3.54. The molecule has 3 rings (SSSR count). The van der Waals surface area contributed by atoms with Crippen LogP contribution in [0.5, 0.6) is 0 Å². The summed E-state index contributed by atoms with van der Waals surface area (Å²) >= 11 is 0. The molecule has 0 bridgehead atoms. The Morgan fingerprint density at radius 1 is 0.920 bits per heavy atom. The van der Waals surface area contributed by atoms with Crippen molar-refractivity contribution in [1.82, 2.24) is 15.0 Å². The highest BCUT2D eigenvalue weighted by atomic mass is 15.1. The SMILES string of the molecule is CCNc1nc(Nc2c(C)cc(C)cc2C)cc(-c2ccncc2)n1. The molecule has 0 unspecified atom stereocenters. The lowest BCUT2D eigenvalue weighted by molar-refractivity contribution is 1.09. The van der Waals surface area contributed by atoms with E-state index >= 15 is 0 Å². The third-order valence-electron chi connectivity index (χ3n) is 3.97. The Morgan fingerprint density at radius 3 is 2.24 bits per heavy atom. The van der Waals surface area contributed by atoms with Crippen LogP contribution in [0, 0.1) is 20.8 Å². The van der Waals surface area contributed by atoms with E-state index in [1.165, 1.54) is 16.7 Å². The fourth-order valence-corrected chi connectivity index (χ4v) is 2.92. The van der Waals surface area contributed by atoms with E-state index in [9.17, 15) is 0 Å². The van der Waals surface area contributed by atoms with Crippen molar-refractivity contribution in [3.05, 3.63) is 59.4 Å². The molecule has 0 aliphatic rings. The summed E-state index contributed by atoms with van der Waals surface area (Å²) < 4.78 is 0. The molecule has 0 saturated heterocycles. The third kappa shape index (κ3) is 3.94. The van der Waals surface area contributed by atoms with Crippen molar-refractivity contribution in [3.63, 3.8) is 0 Å².